The third-order valence-corrected chi connectivity index (χ3v) is 3.26. The molecule has 2 atom stereocenters. The maximum absolute atomic E-state index is 3.69. The van der Waals surface area contributed by atoms with Gasteiger partial charge in [-0.05, 0) is 58.8 Å². The van der Waals surface area contributed by atoms with Gasteiger partial charge in [0.05, 0.1) is 0 Å². The van der Waals surface area contributed by atoms with Crippen molar-refractivity contribution in [3.05, 3.63) is 0 Å². The first-order valence-electron chi connectivity index (χ1n) is 6.12. The van der Waals surface area contributed by atoms with E-state index >= 15 is 0 Å². The van der Waals surface area contributed by atoms with Crippen LogP contribution in [0, 0.1) is 5.92 Å². The number of nitrogens with one attached hydrogen (secondary N) is 1. The Morgan fingerprint density at radius 1 is 1.29 bits per heavy atom. The van der Waals surface area contributed by atoms with Gasteiger partial charge >= 0.3 is 0 Å². The summed E-state index contributed by atoms with van der Waals surface area (Å²) in [5.74, 6) is 0.934. The number of nitrogens with zero attached hydrogens (tertiary/aromatic N) is 1. The average Bonchev–Trinajstić information content (AvgIpc) is 2.58. The van der Waals surface area contributed by atoms with E-state index in [1.54, 1.807) is 0 Å². The molecule has 0 amide bonds. The van der Waals surface area contributed by atoms with E-state index in [0.29, 0.717) is 0 Å². The summed E-state index contributed by atoms with van der Waals surface area (Å²) in [5.41, 5.74) is 0. The lowest BCUT2D eigenvalue weighted by molar-refractivity contribution is 0.315. The van der Waals surface area contributed by atoms with Crippen LogP contribution in [0.25, 0.3) is 0 Å². The number of hydrogen-bond donors (Lipinski definition) is 1. The van der Waals surface area contributed by atoms with Crippen LogP contribution in [0.3, 0.4) is 0 Å². The highest BCUT2D eigenvalue weighted by Gasteiger charge is 2.25. The largest absolute Gasteiger partial charge is 0.314 e. The van der Waals surface area contributed by atoms with Crippen molar-refractivity contribution in [2.75, 3.05) is 27.2 Å². The minimum atomic E-state index is 0.815. The zero-order chi connectivity index (χ0) is 10.4. The van der Waals surface area contributed by atoms with Crippen LogP contribution >= 0.6 is 0 Å². The molecule has 0 aromatic heterocycles. The molecule has 0 aliphatic heterocycles. The maximum atomic E-state index is 3.69. The molecule has 14 heavy (non-hydrogen) atoms. The third kappa shape index (κ3) is 3.97. The van der Waals surface area contributed by atoms with Gasteiger partial charge in [0.25, 0.3) is 0 Å². The zero-order valence-electron chi connectivity index (χ0n) is 10.1. The fourth-order valence-corrected chi connectivity index (χ4v) is 2.40. The van der Waals surface area contributed by atoms with Gasteiger partial charge in [0.1, 0.15) is 0 Å². The van der Waals surface area contributed by atoms with E-state index in [1.165, 1.54) is 45.2 Å². The first-order chi connectivity index (χ1) is 6.74. The van der Waals surface area contributed by atoms with Crippen LogP contribution in [0.2, 0.25) is 0 Å². The van der Waals surface area contributed by atoms with E-state index < -0.39 is 0 Å². The number of rotatable bonds is 6. The fourth-order valence-electron chi connectivity index (χ4n) is 2.40. The van der Waals surface area contributed by atoms with Crippen LogP contribution in [0.15, 0.2) is 0 Å². The minimum absolute atomic E-state index is 0.815. The Morgan fingerprint density at radius 3 is 2.71 bits per heavy atom. The smallest absolute Gasteiger partial charge is 0.00958 e. The highest BCUT2D eigenvalue weighted by Crippen LogP contribution is 2.28. The highest BCUT2D eigenvalue weighted by atomic mass is 15.0. The van der Waals surface area contributed by atoms with Crippen molar-refractivity contribution in [1.82, 2.24) is 10.2 Å². The van der Waals surface area contributed by atoms with Gasteiger partial charge in [-0.15, -0.1) is 0 Å². The number of hydrogen-bond acceptors (Lipinski definition) is 2. The molecule has 1 fully saturated rings. The third-order valence-electron chi connectivity index (χ3n) is 3.26. The van der Waals surface area contributed by atoms with Crippen LogP contribution in [-0.4, -0.2) is 38.1 Å². The minimum Gasteiger partial charge on any atom is -0.314 e. The van der Waals surface area contributed by atoms with E-state index in [4.69, 9.17) is 0 Å². The van der Waals surface area contributed by atoms with Gasteiger partial charge in [-0.1, -0.05) is 13.3 Å². The van der Waals surface area contributed by atoms with Crippen molar-refractivity contribution in [2.45, 2.75) is 45.1 Å². The summed E-state index contributed by atoms with van der Waals surface area (Å²) in [6.07, 6.45) is 6.90. The molecule has 2 unspecified atom stereocenters. The molecule has 0 radical (unpaired) electrons. The van der Waals surface area contributed by atoms with E-state index in [1.807, 2.05) is 0 Å². The predicted octanol–water partition coefficient (Wildman–Crippen LogP) is 2.11. The van der Waals surface area contributed by atoms with Crippen LogP contribution in [-0.2, 0) is 0 Å². The van der Waals surface area contributed by atoms with E-state index in [0.717, 1.165) is 12.0 Å². The van der Waals surface area contributed by atoms with Gasteiger partial charge in [-0.2, -0.15) is 0 Å². The van der Waals surface area contributed by atoms with Crippen molar-refractivity contribution < 1.29 is 0 Å². The Hall–Kier alpha value is -0.0800. The topological polar surface area (TPSA) is 15.3 Å². The van der Waals surface area contributed by atoms with Gasteiger partial charge in [0, 0.05) is 6.04 Å². The summed E-state index contributed by atoms with van der Waals surface area (Å²) in [7, 11) is 4.34. The first-order valence-corrected chi connectivity index (χ1v) is 6.12. The van der Waals surface area contributed by atoms with Crippen molar-refractivity contribution in [3.63, 3.8) is 0 Å². The quantitative estimate of drug-likeness (QED) is 0.703. The van der Waals surface area contributed by atoms with Crippen molar-refractivity contribution in [1.29, 1.82) is 0 Å². The summed E-state index contributed by atoms with van der Waals surface area (Å²) in [6.45, 7) is 4.69. The lowest BCUT2D eigenvalue weighted by Gasteiger charge is -2.22. The van der Waals surface area contributed by atoms with E-state index in [-0.39, 0.29) is 0 Å². The molecule has 0 aromatic rings. The monoisotopic (exact) mass is 198 g/mol. The summed E-state index contributed by atoms with van der Waals surface area (Å²) in [6, 6.07) is 0.815. The lowest BCUT2D eigenvalue weighted by atomic mass is 9.99. The second kappa shape index (κ2) is 6.41. The molecule has 84 valence electrons. The Kier molecular flexibility index (Phi) is 5.49. The van der Waals surface area contributed by atoms with Crippen LogP contribution in [0.1, 0.15) is 39.0 Å². The summed E-state index contributed by atoms with van der Waals surface area (Å²) < 4.78 is 0. The standard InChI is InChI=1S/C12H26N2/c1-4-9-13-12-7-5-6-11(12)8-10-14(2)3/h11-13H,4-10H2,1-3H3. The zero-order valence-corrected chi connectivity index (χ0v) is 10.1. The van der Waals surface area contributed by atoms with Gasteiger partial charge in [0.2, 0.25) is 0 Å². The highest BCUT2D eigenvalue weighted by molar-refractivity contribution is 4.83. The molecular weight excluding hydrogens is 172 g/mol. The van der Waals surface area contributed by atoms with E-state index in [9.17, 15) is 0 Å². The molecule has 0 spiro atoms. The Bertz CT molecular complexity index is 145. The van der Waals surface area contributed by atoms with Gasteiger partial charge < -0.3 is 10.2 Å². The van der Waals surface area contributed by atoms with Crippen molar-refractivity contribution in [3.8, 4) is 0 Å². The van der Waals surface area contributed by atoms with Crippen LogP contribution in [0.4, 0.5) is 0 Å². The second-order valence-corrected chi connectivity index (χ2v) is 4.84. The fraction of sp³-hybridized carbons (Fsp3) is 1.00. The van der Waals surface area contributed by atoms with Crippen molar-refractivity contribution in [2.24, 2.45) is 5.92 Å². The molecule has 1 saturated carbocycles. The Labute approximate surface area is 89.1 Å². The summed E-state index contributed by atoms with van der Waals surface area (Å²) >= 11 is 0. The molecular formula is C12H26N2. The van der Waals surface area contributed by atoms with E-state index in [2.05, 4.69) is 31.2 Å². The second-order valence-electron chi connectivity index (χ2n) is 4.84. The molecule has 1 N–H and O–H groups in total. The molecule has 0 bridgehead atoms. The Balaban J connectivity index is 2.21. The van der Waals surface area contributed by atoms with Gasteiger partial charge in [0.15, 0.2) is 0 Å². The molecule has 1 aliphatic carbocycles. The van der Waals surface area contributed by atoms with Crippen LogP contribution in [0.5, 0.6) is 0 Å². The lowest BCUT2D eigenvalue weighted by Crippen LogP contribution is -2.34. The maximum Gasteiger partial charge on any atom is 0.00958 e. The molecule has 0 heterocycles. The van der Waals surface area contributed by atoms with Crippen molar-refractivity contribution >= 4 is 0 Å². The molecule has 1 rings (SSSR count). The Morgan fingerprint density at radius 2 is 2.07 bits per heavy atom. The summed E-state index contributed by atoms with van der Waals surface area (Å²) in [5, 5.41) is 3.69. The first kappa shape index (κ1) is 12.0. The molecule has 0 saturated heterocycles. The predicted molar refractivity (Wildman–Crippen MR) is 62.6 cm³/mol. The molecule has 2 nitrogen and oxygen atoms in total. The van der Waals surface area contributed by atoms with Gasteiger partial charge in [-0.3, -0.25) is 0 Å². The van der Waals surface area contributed by atoms with Crippen LogP contribution < -0.4 is 5.32 Å². The normalized spacial score (nSPS) is 27.4. The molecule has 2 heteroatoms. The average molecular weight is 198 g/mol. The molecule has 1 aliphatic rings. The van der Waals surface area contributed by atoms with Gasteiger partial charge in [-0.25, -0.2) is 0 Å². The SMILES string of the molecule is CCCNC1CCCC1CCN(C)C. The summed E-state index contributed by atoms with van der Waals surface area (Å²) in [4.78, 5) is 2.30. The molecule has 0 aromatic carbocycles.